The third kappa shape index (κ3) is 5.75. The lowest BCUT2D eigenvalue weighted by molar-refractivity contribution is -0.121. The van der Waals surface area contributed by atoms with Gasteiger partial charge in [0.05, 0.1) is 19.2 Å². The van der Waals surface area contributed by atoms with Crippen LogP contribution in [0.15, 0.2) is 21.2 Å². The fourth-order valence-electron chi connectivity index (χ4n) is 1.71. The first kappa shape index (κ1) is 16.7. The number of rotatable bonds is 7. The summed E-state index contributed by atoms with van der Waals surface area (Å²) >= 11 is 3.09. The lowest BCUT2D eigenvalue weighted by Crippen LogP contribution is -2.44. The van der Waals surface area contributed by atoms with Gasteiger partial charge in [0.2, 0.25) is 5.91 Å². The summed E-state index contributed by atoms with van der Waals surface area (Å²) in [5.41, 5.74) is 0. The topological polar surface area (TPSA) is 91.6 Å². The molecule has 6 nitrogen and oxygen atoms in total. The van der Waals surface area contributed by atoms with Crippen LogP contribution in [-0.2, 0) is 4.79 Å². The highest BCUT2D eigenvalue weighted by Gasteiger charge is 2.15. The van der Waals surface area contributed by atoms with Gasteiger partial charge in [0, 0.05) is 0 Å². The number of hydrogen-bond acceptors (Lipinski definition) is 4. The zero-order valence-corrected chi connectivity index (χ0v) is 13.1. The quantitative estimate of drug-likeness (QED) is 0.693. The van der Waals surface area contributed by atoms with E-state index in [0.29, 0.717) is 17.0 Å². The van der Waals surface area contributed by atoms with Crippen LogP contribution in [0.1, 0.15) is 30.8 Å². The Morgan fingerprint density at radius 1 is 1.40 bits per heavy atom. The van der Waals surface area contributed by atoms with Crippen LogP contribution in [0.2, 0.25) is 0 Å². The molecule has 1 aromatic heterocycles. The number of halogens is 1. The van der Waals surface area contributed by atoms with Crippen molar-refractivity contribution in [2.45, 2.75) is 26.3 Å². The molecule has 0 bridgehead atoms. The average molecular weight is 347 g/mol. The van der Waals surface area contributed by atoms with Gasteiger partial charge in [0.1, 0.15) is 0 Å². The molecule has 0 saturated heterocycles. The van der Waals surface area contributed by atoms with E-state index in [4.69, 9.17) is 9.52 Å². The average Bonchev–Trinajstić information content (AvgIpc) is 2.81. The molecule has 1 atom stereocenters. The van der Waals surface area contributed by atoms with Crippen LogP contribution >= 0.6 is 15.9 Å². The van der Waals surface area contributed by atoms with Gasteiger partial charge in [-0.05, 0) is 40.4 Å². The number of nitrogens with one attached hydrogen (secondary N) is 2. The van der Waals surface area contributed by atoms with Gasteiger partial charge in [-0.25, -0.2) is 0 Å². The number of carbonyl (C=O) groups excluding carboxylic acids is 2. The van der Waals surface area contributed by atoms with E-state index in [1.54, 1.807) is 6.07 Å². The Kier molecular flexibility index (Phi) is 6.74. The van der Waals surface area contributed by atoms with Crippen LogP contribution in [0, 0.1) is 5.92 Å². The fraction of sp³-hybridized carbons (Fsp3) is 0.538. The highest BCUT2D eigenvalue weighted by Crippen LogP contribution is 2.13. The number of amides is 2. The fourth-order valence-corrected chi connectivity index (χ4v) is 2.02. The molecule has 0 aromatic carbocycles. The standard InChI is InChI=1S/C13H19BrN2O4/c1-8(2)5-9(7-17)16-12(18)6-15-13(19)10-3-4-11(14)20-10/h3-4,8-9,17H,5-7H2,1-2H3,(H,15,19)(H,16,18). The maximum Gasteiger partial charge on any atom is 0.287 e. The maximum atomic E-state index is 11.7. The van der Waals surface area contributed by atoms with E-state index in [2.05, 4.69) is 26.6 Å². The van der Waals surface area contributed by atoms with Gasteiger partial charge in [0.25, 0.3) is 5.91 Å². The van der Waals surface area contributed by atoms with E-state index in [9.17, 15) is 9.59 Å². The van der Waals surface area contributed by atoms with Crippen molar-refractivity contribution in [1.82, 2.24) is 10.6 Å². The van der Waals surface area contributed by atoms with Crippen molar-refractivity contribution < 1.29 is 19.1 Å². The molecule has 0 saturated carbocycles. The van der Waals surface area contributed by atoms with Gasteiger partial charge in [0.15, 0.2) is 10.4 Å². The Balaban J connectivity index is 2.37. The first-order valence-electron chi connectivity index (χ1n) is 6.36. The predicted octanol–water partition coefficient (Wildman–Crippen LogP) is 1.30. The summed E-state index contributed by atoms with van der Waals surface area (Å²) in [6.07, 6.45) is 0.682. The van der Waals surface area contributed by atoms with E-state index >= 15 is 0 Å². The molecule has 0 aliphatic rings. The van der Waals surface area contributed by atoms with Gasteiger partial charge in [-0.1, -0.05) is 13.8 Å². The second-order valence-electron chi connectivity index (χ2n) is 4.86. The van der Waals surface area contributed by atoms with Crippen LogP contribution in [0.3, 0.4) is 0 Å². The van der Waals surface area contributed by atoms with Gasteiger partial charge < -0.3 is 20.2 Å². The summed E-state index contributed by atoms with van der Waals surface area (Å²) in [6.45, 7) is 3.73. The summed E-state index contributed by atoms with van der Waals surface area (Å²) in [4.78, 5) is 23.3. The summed E-state index contributed by atoms with van der Waals surface area (Å²) in [6, 6.07) is 2.81. The Morgan fingerprint density at radius 3 is 2.60 bits per heavy atom. The molecule has 112 valence electrons. The highest BCUT2D eigenvalue weighted by atomic mass is 79.9. The number of furan rings is 1. The lowest BCUT2D eigenvalue weighted by atomic mass is 10.0. The minimum atomic E-state index is -0.463. The molecule has 0 aliphatic carbocycles. The molecule has 0 aliphatic heterocycles. The van der Waals surface area contributed by atoms with Gasteiger partial charge >= 0.3 is 0 Å². The Hall–Kier alpha value is -1.34. The molecule has 3 N–H and O–H groups in total. The third-order valence-electron chi connectivity index (χ3n) is 2.55. The van der Waals surface area contributed by atoms with E-state index in [1.165, 1.54) is 6.07 Å². The predicted molar refractivity (Wildman–Crippen MR) is 77.2 cm³/mol. The summed E-state index contributed by atoms with van der Waals surface area (Å²) in [7, 11) is 0. The van der Waals surface area contributed by atoms with E-state index in [1.807, 2.05) is 13.8 Å². The van der Waals surface area contributed by atoms with Crippen LogP contribution in [-0.4, -0.2) is 36.1 Å². The van der Waals surface area contributed by atoms with Crippen molar-refractivity contribution >= 4 is 27.7 Å². The Labute approximate surface area is 126 Å². The monoisotopic (exact) mass is 346 g/mol. The maximum absolute atomic E-state index is 11.7. The minimum absolute atomic E-state index is 0.122. The number of hydrogen-bond donors (Lipinski definition) is 3. The molecular weight excluding hydrogens is 328 g/mol. The van der Waals surface area contributed by atoms with Crippen molar-refractivity contribution in [1.29, 1.82) is 0 Å². The van der Waals surface area contributed by atoms with Crippen molar-refractivity contribution in [3.05, 3.63) is 22.6 Å². The van der Waals surface area contributed by atoms with Crippen molar-refractivity contribution in [2.75, 3.05) is 13.2 Å². The third-order valence-corrected chi connectivity index (χ3v) is 2.97. The molecule has 2 amide bonds. The number of carbonyl (C=O) groups is 2. The molecule has 20 heavy (non-hydrogen) atoms. The minimum Gasteiger partial charge on any atom is -0.444 e. The largest absolute Gasteiger partial charge is 0.444 e. The van der Waals surface area contributed by atoms with E-state index < -0.39 is 5.91 Å². The zero-order chi connectivity index (χ0) is 15.1. The normalized spacial score (nSPS) is 12.2. The summed E-state index contributed by atoms with van der Waals surface area (Å²) < 4.78 is 5.51. The molecule has 1 rings (SSSR count). The number of aliphatic hydroxyl groups is 1. The van der Waals surface area contributed by atoms with Crippen LogP contribution in [0.4, 0.5) is 0 Å². The molecule has 1 heterocycles. The molecule has 0 fully saturated rings. The van der Waals surface area contributed by atoms with Crippen molar-refractivity contribution in [3.63, 3.8) is 0 Å². The second-order valence-corrected chi connectivity index (χ2v) is 5.64. The van der Waals surface area contributed by atoms with Gasteiger partial charge in [-0.15, -0.1) is 0 Å². The van der Waals surface area contributed by atoms with E-state index in [0.717, 1.165) is 0 Å². The molecule has 0 radical (unpaired) electrons. The van der Waals surface area contributed by atoms with Crippen molar-refractivity contribution in [3.8, 4) is 0 Å². The zero-order valence-electron chi connectivity index (χ0n) is 11.5. The van der Waals surface area contributed by atoms with Crippen molar-refractivity contribution in [2.24, 2.45) is 5.92 Å². The van der Waals surface area contributed by atoms with E-state index in [-0.39, 0.29) is 30.9 Å². The smallest absolute Gasteiger partial charge is 0.287 e. The molecule has 1 aromatic rings. The first-order chi connectivity index (χ1) is 9.42. The Morgan fingerprint density at radius 2 is 2.10 bits per heavy atom. The number of aliphatic hydroxyl groups excluding tert-OH is 1. The lowest BCUT2D eigenvalue weighted by Gasteiger charge is -2.18. The first-order valence-corrected chi connectivity index (χ1v) is 7.15. The van der Waals surface area contributed by atoms with Crippen LogP contribution in [0.25, 0.3) is 0 Å². The Bertz CT molecular complexity index is 459. The second kappa shape index (κ2) is 8.06. The molecule has 7 heteroatoms. The highest BCUT2D eigenvalue weighted by molar-refractivity contribution is 9.10. The molecule has 0 spiro atoms. The van der Waals surface area contributed by atoms with Crippen LogP contribution in [0.5, 0.6) is 0 Å². The van der Waals surface area contributed by atoms with Gasteiger partial charge in [-0.2, -0.15) is 0 Å². The van der Waals surface area contributed by atoms with Gasteiger partial charge in [-0.3, -0.25) is 9.59 Å². The SMILES string of the molecule is CC(C)CC(CO)NC(=O)CNC(=O)c1ccc(Br)o1. The molecule has 1 unspecified atom stereocenters. The summed E-state index contributed by atoms with van der Waals surface area (Å²) in [5.74, 6) is -0.313. The van der Waals surface area contributed by atoms with Crippen LogP contribution < -0.4 is 10.6 Å². The summed E-state index contributed by atoms with van der Waals surface area (Å²) in [5, 5.41) is 14.3. The molecular formula is C13H19BrN2O4.